The van der Waals surface area contributed by atoms with Crippen LogP contribution in [0.2, 0.25) is 0 Å². The Morgan fingerprint density at radius 2 is 2.00 bits per heavy atom. The number of fused-ring (bicyclic) bond motifs is 3. The molecule has 2 aromatic rings. The van der Waals surface area contributed by atoms with Crippen LogP contribution in [0.1, 0.15) is 27.2 Å². The zero-order chi connectivity index (χ0) is 13.7. The Balaban J connectivity index is 2.43. The lowest BCUT2D eigenvalue weighted by Crippen LogP contribution is -2.31. The lowest BCUT2D eigenvalue weighted by Gasteiger charge is -2.26. The molecule has 0 atom stereocenters. The zero-order valence-electron chi connectivity index (χ0n) is 11.5. The first kappa shape index (κ1) is 12.2. The molecule has 1 aromatic heterocycles. The van der Waals surface area contributed by atoms with E-state index in [1.165, 1.54) is 11.1 Å². The van der Waals surface area contributed by atoms with E-state index in [0.29, 0.717) is 12.1 Å². The van der Waals surface area contributed by atoms with E-state index < -0.39 is 5.97 Å². The number of rotatable bonds is 1. The van der Waals surface area contributed by atoms with E-state index in [9.17, 15) is 9.90 Å². The number of likely N-dealkylation sites (N-methyl/N-ethyl adjacent to an activating group) is 1. The van der Waals surface area contributed by atoms with Crippen LogP contribution in [0, 0.1) is 13.8 Å². The average molecular weight is 258 g/mol. The highest BCUT2D eigenvalue weighted by molar-refractivity contribution is 6.06. The lowest BCUT2D eigenvalue weighted by atomic mass is 10.0. The predicted octanol–water partition coefficient (Wildman–Crippen LogP) is 2.40. The van der Waals surface area contributed by atoms with Crippen LogP contribution in [0.5, 0.6) is 0 Å². The van der Waals surface area contributed by atoms with Gasteiger partial charge < -0.3 is 9.67 Å². The van der Waals surface area contributed by atoms with Gasteiger partial charge in [0.2, 0.25) is 0 Å². The molecule has 19 heavy (non-hydrogen) atoms. The molecule has 0 fully saturated rings. The number of aromatic nitrogens is 1. The molecule has 4 heteroatoms. The van der Waals surface area contributed by atoms with Gasteiger partial charge in [0.15, 0.2) is 0 Å². The maximum absolute atomic E-state index is 11.6. The monoisotopic (exact) mass is 258 g/mol. The van der Waals surface area contributed by atoms with Crippen molar-refractivity contribution in [2.75, 3.05) is 13.6 Å². The first-order chi connectivity index (χ1) is 9.00. The molecule has 0 aliphatic carbocycles. The molecule has 1 aliphatic rings. The molecule has 3 rings (SSSR count). The number of benzene rings is 1. The third-order valence-corrected chi connectivity index (χ3v) is 4.19. The number of nitrogens with zero attached hydrogens (tertiary/aromatic N) is 2. The normalized spacial score (nSPS) is 15.7. The minimum Gasteiger partial charge on any atom is -0.478 e. The number of aryl methyl sites for hydroxylation is 2. The van der Waals surface area contributed by atoms with Gasteiger partial charge >= 0.3 is 5.97 Å². The van der Waals surface area contributed by atoms with Crippen LogP contribution >= 0.6 is 0 Å². The molecule has 0 unspecified atom stereocenters. The zero-order valence-corrected chi connectivity index (χ0v) is 11.5. The molecule has 4 nitrogen and oxygen atoms in total. The van der Waals surface area contributed by atoms with Crippen LogP contribution < -0.4 is 0 Å². The van der Waals surface area contributed by atoms with E-state index in [4.69, 9.17) is 0 Å². The second-order valence-electron chi connectivity index (χ2n) is 5.42. The third kappa shape index (κ3) is 1.67. The summed E-state index contributed by atoms with van der Waals surface area (Å²) < 4.78 is 2.20. The van der Waals surface area contributed by atoms with Gasteiger partial charge in [-0.05, 0) is 32.0 Å². The summed E-state index contributed by atoms with van der Waals surface area (Å²) in [5, 5.41) is 10.4. The fourth-order valence-corrected chi connectivity index (χ4v) is 3.03. The van der Waals surface area contributed by atoms with Gasteiger partial charge in [-0.2, -0.15) is 0 Å². The number of aromatic carboxylic acids is 1. The van der Waals surface area contributed by atoms with Crippen LogP contribution in [0.15, 0.2) is 12.1 Å². The molecule has 0 bridgehead atoms. The van der Waals surface area contributed by atoms with Gasteiger partial charge in [0.25, 0.3) is 0 Å². The highest BCUT2D eigenvalue weighted by atomic mass is 16.4. The van der Waals surface area contributed by atoms with Gasteiger partial charge in [0.05, 0.1) is 11.1 Å². The average Bonchev–Trinajstić information content (AvgIpc) is 2.67. The van der Waals surface area contributed by atoms with Crippen molar-refractivity contribution >= 4 is 16.9 Å². The molecule has 1 aromatic carbocycles. The number of carboxylic acid groups (broad SMARTS) is 1. The smallest absolute Gasteiger partial charge is 0.338 e. The number of carbonyl (C=O) groups is 1. The first-order valence-corrected chi connectivity index (χ1v) is 6.54. The van der Waals surface area contributed by atoms with E-state index in [1.54, 1.807) is 0 Å². The Bertz CT molecular complexity index is 685. The fourth-order valence-electron chi connectivity index (χ4n) is 3.03. The van der Waals surface area contributed by atoms with Crippen molar-refractivity contribution in [2.24, 2.45) is 0 Å². The lowest BCUT2D eigenvalue weighted by molar-refractivity contribution is 0.0695. The van der Waals surface area contributed by atoms with Gasteiger partial charge in [0.1, 0.15) is 0 Å². The van der Waals surface area contributed by atoms with Crippen molar-refractivity contribution < 1.29 is 9.90 Å². The Kier molecular flexibility index (Phi) is 2.64. The second kappa shape index (κ2) is 4.10. The summed E-state index contributed by atoms with van der Waals surface area (Å²) in [6.07, 6.45) is 0. The molecule has 0 amide bonds. The highest BCUT2D eigenvalue weighted by Gasteiger charge is 2.26. The van der Waals surface area contributed by atoms with Gasteiger partial charge in [-0.25, -0.2) is 4.79 Å². The van der Waals surface area contributed by atoms with Crippen molar-refractivity contribution in [1.82, 2.24) is 9.47 Å². The first-order valence-electron chi connectivity index (χ1n) is 6.54. The standard InChI is InChI=1S/C15H18N2O2/c1-9-4-5-11-13(15(18)19)12-8-16(3)6-7-17(12)14(11)10(9)2/h4-5H,6-8H2,1-3H3,(H,18,19). The summed E-state index contributed by atoms with van der Waals surface area (Å²) in [6, 6.07) is 3.96. The van der Waals surface area contributed by atoms with Crippen molar-refractivity contribution in [3.63, 3.8) is 0 Å². The fraction of sp³-hybridized carbons (Fsp3) is 0.400. The van der Waals surface area contributed by atoms with Crippen LogP contribution in [0.4, 0.5) is 0 Å². The molecule has 1 aliphatic heterocycles. The molecular formula is C15H18N2O2. The minimum atomic E-state index is -0.822. The van der Waals surface area contributed by atoms with Crippen LogP contribution in [0.3, 0.4) is 0 Å². The molecule has 100 valence electrons. The molecular weight excluding hydrogens is 240 g/mol. The maximum Gasteiger partial charge on any atom is 0.338 e. The largest absolute Gasteiger partial charge is 0.478 e. The van der Waals surface area contributed by atoms with E-state index in [-0.39, 0.29) is 0 Å². The summed E-state index contributed by atoms with van der Waals surface area (Å²) in [6.45, 7) is 6.68. The molecule has 0 radical (unpaired) electrons. The Morgan fingerprint density at radius 3 is 2.68 bits per heavy atom. The van der Waals surface area contributed by atoms with E-state index in [1.807, 2.05) is 19.2 Å². The molecule has 2 heterocycles. The Labute approximate surface area is 112 Å². The minimum absolute atomic E-state index is 0.477. The van der Waals surface area contributed by atoms with Gasteiger partial charge in [-0.1, -0.05) is 12.1 Å². The van der Waals surface area contributed by atoms with Crippen LogP contribution in [0.25, 0.3) is 10.9 Å². The molecule has 0 saturated heterocycles. The quantitative estimate of drug-likeness (QED) is 0.854. The van der Waals surface area contributed by atoms with Gasteiger partial charge in [-0.15, -0.1) is 0 Å². The summed E-state index contributed by atoms with van der Waals surface area (Å²) >= 11 is 0. The van der Waals surface area contributed by atoms with E-state index in [2.05, 4.69) is 23.3 Å². The molecule has 0 saturated carbocycles. The molecule has 0 spiro atoms. The Morgan fingerprint density at radius 1 is 1.26 bits per heavy atom. The predicted molar refractivity (Wildman–Crippen MR) is 74.7 cm³/mol. The SMILES string of the molecule is Cc1ccc2c(C(=O)O)c3n(c2c1C)CCN(C)C3. The summed E-state index contributed by atoms with van der Waals surface area (Å²) in [5.74, 6) is -0.822. The highest BCUT2D eigenvalue weighted by Crippen LogP contribution is 2.32. The second-order valence-corrected chi connectivity index (χ2v) is 5.42. The summed E-state index contributed by atoms with van der Waals surface area (Å²) in [5.41, 5.74) is 4.91. The van der Waals surface area contributed by atoms with E-state index >= 15 is 0 Å². The third-order valence-electron chi connectivity index (χ3n) is 4.19. The van der Waals surface area contributed by atoms with Crippen LogP contribution in [-0.4, -0.2) is 34.1 Å². The summed E-state index contributed by atoms with van der Waals surface area (Å²) in [7, 11) is 2.03. The number of hydrogen-bond acceptors (Lipinski definition) is 2. The number of carboxylic acids is 1. The number of hydrogen-bond donors (Lipinski definition) is 1. The topological polar surface area (TPSA) is 45.5 Å². The van der Waals surface area contributed by atoms with E-state index in [0.717, 1.165) is 29.7 Å². The van der Waals surface area contributed by atoms with Crippen molar-refractivity contribution in [3.8, 4) is 0 Å². The van der Waals surface area contributed by atoms with Gasteiger partial charge in [0, 0.05) is 30.7 Å². The van der Waals surface area contributed by atoms with Crippen molar-refractivity contribution in [1.29, 1.82) is 0 Å². The summed E-state index contributed by atoms with van der Waals surface area (Å²) in [4.78, 5) is 13.8. The van der Waals surface area contributed by atoms with Crippen LogP contribution in [-0.2, 0) is 13.1 Å². The molecule has 1 N–H and O–H groups in total. The maximum atomic E-state index is 11.6. The van der Waals surface area contributed by atoms with Crippen molar-refractivity contribution in [3.05, 3.63) is 34.5 Å². The Hall–Kier alpha value is -1.81. The van der Waals surface area contributed by atoms with Gasteiger partial charge in [-0.3, -0.25) is 4.90 Å². The van der Waals surface area contributed by atoms with Crippen molar-refractivity contribution in [2.45, 2.75) is 26.9 Å².